The van der Waals surface area contributed by atoms with Crippen molar-refractivity contribution < 1.29 is 24.6 Å². The van der Waals surface area contributed by atoms with Gasteiger partial charge >= 0.3 is 11.9 Å². The first kappa shape index (κ1) is 27.6. The second kappa shape index (κ2) is 21.3. The maximum atomic E-state index is 11.9. The molecule has 5 heteroatoms. The van der Waals surface area contributed by atoms with E-state index >= 15 is 0 Å². The fourth-order valence-corrected chi connectivity index (χ4v) is 3.62. The van der Waals surface area contributed by atoms with Gasteiger partial charge in [0.25, 0.3) is 0 Å². The van der Waals surface area contributed by atoms with E-state index in [0.29, 0.717) is 12.2 Å². The molecule has 0 unspecified atom stereocenters. The van der Waals surface area contributed by atoms with Crippen molar-refractivity contribution in [3.05, 3.63) is 0 Å². The predicted octanol–water partition coefficient (Wildman–Crippen LogP) is 6.92. The summed E-state index contributed by atoms with van der Waals surface area (Å²) in [5.74, 6) is -0.983. The molecule has 0 saturated carbocycles. The van der Waals surface area contributed by atoms with E-state index < -0.39 is 11.9 Å². The number of carbonyl (C=O) groups excluding carboxylic acids is 1. The van der Waals surface area contributed by atoms with Gasteiger partial charge in [-0.15, -0.1) is 0 Å². The lowest BCUT2D eigenvalue weighted by molar-refractivity contribution is -0.138. The molecule has 0 heterocycles. The van der Waals surface area contributed by atoms with Crippen molar-refractivity contribution in [1.29, 1.82) is 0 Å². The Labute approximate surface area is 177 Å². The minimum Gasteiger partial charge on any atom is -0.481 e. The number of carboxylic acids is 2. The highest BCUT2D eigenvalue weighted by Crippen LogP contribution is 2.14. The van der Waals surface area contributed by atoms with Gasteiger partial charge in [0, 0.05) is 25.7 Å². The van der Waals surface area contributed by atoms with Crippen LogP contribution in [0.15, 0.2) is 0 Å². The maximum Gasteiger partial charge on any atom is 0.303 e. The molecular formula is C24H44O5. The summed E-state index contributed by atoms with van der Waals surface area (Å²) in [5, 5.41) is 17.1. The van der Waals surface area contributed by atoms with Gasteiger partial charge in [-0.1, -0.05) is 83.5 Å². The third-order valence-electron chi connectivity index (χ3n) is 5.44. The summed E-state index contributed by atoms with van der Waals surface area (Å²) in [4.78, 5) is 32.7. The van der Waals surface area contributed by atoms with E-state index in [-0.39, 0.29) is 6.42 Å². The van der Waals surface area contributed by atoms with Crippen LogP contribution in [0.1, 0.15) is 135 Å². The largest absolute Gasteiger partial charge is 0.481 e. The van der Waals surface area contributed by atoms with E-state index in [1.807, 2.05) is 0 Å². The van der Waals surface area contributed by atoms with Crippen LogP contribution in [0.3, 0.4) is 0 Å². The van der Waals surface area contributed by atoms with E-state index in [0.717, 1.165) is 89.9 Å². The van der Waals surface area contributed by atoms with Crippen LogP contribution >= 0.6 is 0 Å². The molecule has 0 fully saturated rings. The number of hydrogen-bond donors (Lipinski definition) is 2. The summed E-state index contributed by atoms with van der Waals surface area (Å²) >= 11 is 0. The lowest BCUT2D eigenvalue weighted by Crippen LogP contribution is -1.97. The zero-order valence-electron chi connectivity index (χ0n) is 18.5. The predicted molar refractivity (Wildman–Crippen MR) is 117 cm³/mol. The van der Waals surface area contributed by atoms with E-state index in [1.54, 1.807) is 0 Å². The summed E-state index contributed by atoms with van der Waals surface area (Å²) in [5.41, 5.74) is 0. The maximum absolute atomic E-state index is 11.9. The van der Waals surface area contributed by atoms with Crippen LogP contribution in [0.4, 0.5) is 0 Å². The first-order valence-electron chi connectivity index (χ1n) is 12.0. The number of carboxylic acid groups (broad SMARTS) is 2. The first-order valence-corrected chi connectivity index (χ1v) is 12.0. The van der Waals surface area contributed by atoms with Gasteiger partial charge in [0.2, 0.25) is 0 Å². The summed E-state index contributed by atoms with van der Waals surface area (Å²) < 4.78 is 0. The quantitative estimate of drug-likeness (QED) is 0.178. The van der Waals surface area contributed by atoms with Crippen molar-refractivity contribution in [3.8, 4) is 0 Å². The van der Waals surface area contributed by atoms with E-state index in [2.05, 4.69) is 0 Å². The van der Waals surface area contributed by atoms with Gasteiger partial charge in [0.05, 0.1) is 0 Å². The summed E-state index contributed by atoms with van der Waals surface area (Å²) in [6, 6.07) is 0. The van der Waals surface area contributed by atoms with Gasteiger partial charge in [0.15, 0.2) is 0 Å². The Balaban J connectivity index is 3.18. The normalized spacial score (nSPS) is 10.9. The molecule has 0 amide bonds. The van der Waals surface area contributed by atoms with Gasteiger partial charge in [-0.05, 0) is 25.7 Å². The monoisotopic (exact) mass is 412 g/mol. The number of aliphatic carboxylic acids is 2. The third kappa shape index (κ3) is 24.6. The lowest BCUT2D eigenvalue weighted by atomic mass is 10.0. The number of ketones is 1. The fraction of sp³-hybridized carbons (Fsp3) is 0.875. The van der Waals surface area contributed by atoms with Crippen molar-refractivity contribution in [3.63, 3.8) is 0 Å². The third-order valence-corrected chi connectivity index (χ3v) is 5.44. The molecule has 2 N–H and O–H groups in total. The minimum absolute atomic E-state index is 0.282. The lowest BCUT2D eigenvalue weighted by Gasteiger charge is -2.04. The second-order valence-electron chi connectivity index (χ2n) is 8.34. The molecule has 0 aromatic rings. The number of carbonyl (C=O) groups is 3. The van der Waals surface area contributed by atoms with Crippen LogP contribution in [-0.4, -0.2) is 27.9 Å². The topological polar surface area (TPSA) is 91.7 Å². The van der Waals surface area contributed by atoms with E-state index in [9.17, 15) is 14.4 Å². The van der Waals surface area contributed by atoms with Gasteiger partial charge in [-0.25, -0.2) is 0 Å². The zero-order valence-corrected chi connectivity index (χ0v) is 18.5. The SMILES string of the molecule is O=C(O)CCCCCCCCCCCCC(=O)CCCCCCCCCC(=O)O. The average Bonchev–Trinajstić information content (AvgIpc) is 2.67. The highest BCUT2D eigenvalue weighted by Gasteiger charge is 2.02. The van der Waals surface area contributed by atoms with Crippen LogP contribution < -0.4 is 0 Å². The molecule has 0 aliphatic rings. The van der Waals surface area contributed by atoms with Crippen LogP contribution in [0.25, 0.3) is 0 Å². The molecule has 29 heavy (non-hydrogen) atoms. The van der Waals surface area contributed by atoms with Gasteiger partial charge in [0.1, 0.15) is 5.78 Å². The Morgan fingerprint density at radius 1 is 0.345 bits per heavy atom. The molecule has 0 radical (unpaired) electrons. The van der Waals surface area contributed by atoms with Crippen LogP contribution in [0, 0.1) is 0 Å². The molecular weight excluding hydrogens is 368 g/mol. The Hall–Kier alpha value is -1.39. The van der Waals surface area contributed by atoms with Crippen molar-refractivity contribution >= 4 is 17.7 Å². The highest BCUT2D eigenvalue weighted by molar-refractivity contribution is 5.78. The Morgan fingerprint density at radius 3 is 0.793 bits per heavy atom. The van der Waals surface area contributed by atoms with Crippen LogP contribution in [0.5, 0.6) is 0 Å². The molecule has 0 aromatic heterocycles. The van der Waals surface area contributed by atoms with Crippen molar-refractivity contribution in [2.75, 3.05) is 0 Å². The van der Waals surface area contributed by atoms with Gasteiger partial charge < -0.3 is 10.2 Å². The average molecular weight is 413 g/mol. The molecule has 0 bridgehead atoms. The molecule has 0 aromatic carbocycles. The number of rotatable bonds is 23. The standard InChI is InChI=1S/C24H44O5/c25-22(19-15-11-7-5-9-13-17-21-24(28)29)18-14-10-6-3-1-2-4-8-12-16-20-23(26)27/h1-21H2,(H,26,27)(H,28,29). The number of hydrogen-bond acceptors (Lipinski definition) is 3. The van der Waals surface area contributed by atoms with E-state index in [4.69, 9.17) is 10.2 Å². The highest BCUT2D eigenvalue weighted by atomic mass is 16.4. The Bertz CT molecular complexity index is 419. The van der Waals surface area contributed by atoms with Crippen molar-refractivity contribution in [2.24, 2.45) is 0 Å². The molecule has 0 aliphatic carbocycles. The smallest absolute Gasteiger partial charge is 0.303 e. The molecule has 0 saturated heterocycles. The van der Waals surface area contributed by atoms with Gasteiger partial charge in [-0.3, -0.25) is 14.4 Å². The minimum atomic E-state index is -0.703. The Kier molecular flexibility index (Phi) is 20.3. The van der Waals surface area contributed by atoms with Gasteiger partial charge in [-0.2, -0.15) is 0 Å². The zero-order chi connectivity index (χ0) is 21.6. The second-order valence-corrected chi connectivity index (χ2v) is 8.34. The fourth-order valence-electron chi connectivity index (χ4n) is 3.62. The molecule has 0 spiro atoms. The van der Waals surface area contributed by atoms with Crippen molar-refractivity contribution in [2.45, 2.75) is 135 Å². The molecule has 5 nitrogen and oxygen atoms in total. The summed E-state index contributed by atoms with van der Waals surface area (Å²) in [6.45, 7) is 0. The molecule has 0 aliphatic heterocycles. The van der Waals surface area contributed by atoms with E-state index in [1.165, 1.54) is 32.1 Å². The first-order chi connectivity index (χ1) is 14.0. The molecule has 170 valence electrons. The molecule has 0 rings (SSSR count). The summed E-state index contributed by atoms with van der Waals surface area (Å²) in [6.07, 6.45) is 20.7. The number of unbranched alkanes of at least 4 members (excludes halogenated alkanes) is 15. The van der Waals surface area contributed by atoms with Crippen LogP contribution in [0.2, 0.25) is 0 Å². The Morgan fingerprint density at radius 2 is 0.552 bits per heavy atom. The van der Waals surface area contributed by atoms with Crippen molar-refractivity contribution in [1.82, 2.24) is 0 Å². The molecule has 0 atom stereocenters. The number of Topliss-reactive ketones (excluding diaryl/α,β-unsaturated/α-hetero) is 1. The van der Waals surface area contributed by atoms with Crippen LogP contribution in [-0.2, 0) is 14.4 Å². The summed E-state index contributed by atoms with van der Waals surface area (Å²) in [7, 11) is 0.